The Bertz CT molecular complexity index is 522. The Hall–Kier alpha value is -1.63. The molecule has 0 radical (unpaired) electrons. The number of rotatable bonds is 2. The lowest BCUT2D eigenvalue weighted by atomic mass is 9.88. The predicted molar refractivity (Wildman–Crippen MR) is 65.6 cm³/mol. The van der Waals surface area contributed by atoms with Crippen molar-refractivity contribution in [3.63, 3.8) is 0 Å². The molecule has 1 aliphatic rings. The van der Waals surface area contributed by atoms with Crippen LogP contribution in [0.1, 0.15) is 18.9 Å². The zero-order valence-electron chi connectivity index (χ0n) is 10.8. The first-order valence-electron chi connectivity index (χ1n) is 6.11. The van der Waals surface area contributed by atoms with Gasteiger partial charge in [-0.3, -0.25) is 4.79 Å². The van der Waals surface area contributed by atoms with Gasteiger partial charge in [-0.05, 0) is 38.1 Å². The normalized spacial score (nSPS) is 22.9. The van der Waals surface area contributed by atoms with Crippen LogP contribution in [-0.4, -0.2) is 19.0 Å². The molecule has 1 aliphatic heterocycles. The number of carbonyl (C=O) groups excluding carboxylic acids is 1. The van der Waals surface area contributed by atoms with Gasteiger partial charge in [-0.2, -0.15) is 13.2 Å². The highest BCUT2D eigenvalue weighted by Gasteiger charge is 2.37. The van der Waals surface area contributed by atoms with Gasteiger partial charge in [0.1, 0.15) is 5.82 Å². The number of alkyl halides is 3. The fourth-order valence-electron chi connectivity index (χ4n) is 2.08. The standard InChI is InChI=1S/C13H14F4N2O/c1-12(4-5-18-7-12)11(20)19-10-6-8(13(15,16)17)2-3-9(10)14/h2-3,6,18H,4-5,7H2,1H3,(H,19,20). The van der Waals surface area contributed by atoms with Crippen LogP contribution >= 0.6 is 0 Å². The Labute approximate surface area is 113 Å². The van der Waals surface area contributed by atoms with Crippen molar-refractivity contribution < 1.29 is 22.4 Å². The first-order valence-corrected chi connectivity index (χ1v) is 6.11. The third-order valence-corrected chi connectivity index (χ3v) is 3.46. The van der Waals surface area contributed by atoms with E-state index in [4.69, 9.17) is 0 Å². The highest BCUT2D eigenvalue weighted by atomic mass is 19.4. The summed E-state index contributed by atoms with van der Waals surface area (Å²) in [4.78, 5) is 12.1. The van der Waals surface area contributed by atoms with Crippen LogP contribution in [0.4, 0.5) is 23.2 Å². The fourth-order valence-corrected chi connectivity index (χ4v) is 2.08. The molecule has 0 aliphatic carbocycles. The average molecular weight is 290 g/mol. The van der Waals surface area contributed by atoms with Gasteiger partial charge in [-0.15, -0.1) is 0 Å². The molecule has 0 aromatic heterocycles. The number of benzene rings is 1. The van der Waals surface area contributed by atoms with Crippen molar-refractivity contribution in [3.8, 4) is 0 Å². The van der Waals surface area contributed by atoms with Gasteiger partial charge in [0.2, 0.25) is 5.91 Å². The van der Waals surface area contributed by atoms with E-state index in [-0.39, 0.29) is 0 Å². The molecule has 3 nitrogen and oxygen atoms in total. The number of anilines is 1. The molecular weight excluding hydrogens is 276 g/mol. The Morgan fingerprint density at radius 1 is 1.40 bits per heavy atom. The van der Waals surface area contributed by atoms with E-state index in [1.54, 1.807) is 6.92 Å². The Morgan fingerprint density at radius 2 is 2.10 bits per heavy atom. The molecule has 1 aromatic carbocycles. The Kier molecular flexibility index (Phi) is 3.73. The fraction of sp³-hybridized carbons (Fsp3) is 0.462. The van der Waals surface area contributed by atoms with E-state index < -0.39 is 34.6 Å². The second-order valence-corrected chi connectivity index (χ2v) is 5.13. The molecule has 1 amide bonds. The zero-order valence-corrected chi connectivity index (χ0v) is 10.8. The van der Waals surface area contributed by atoms with E-state index in [0.717, 1.165) is 0 Å². The Morgan fingerprint density at radius 3 is 2.65 bits per heavy atom. The molecule has 7 heteroatoms. The van der Waals surface area contributed by atoms with Gasteiger partial charge >= 0.3 is 6.18 Å². The first-order chi connectivity index (χ1) is 9.22. The van der Waals surface area contributed by atoms with Gasteiger partial charge in [-0.25, -0.2) is 4.39 Å². The van der Waals surface area contributed by atoms with Crippen molar-refractivity contribution in [3.05, 3.63) is 29.6 Å². The Balaban J connectivity index is 2.22. The average Bonchev–Trinajstić information content (AvgIpc) is 2.79. The molecule has 0 bridgehead atoms. The highest BCUT2D eigenvalue weighted by Crippen LogP contribution is 2.33. The van der Waals surface area contributed by atoms with Gasteiger partial charge in [0.15, 0.2) is 0 Å². The van der Waals surface area contributed by atoms with E-state index in [2.05, 4.69) is 10.6 Å². The van der Waals surface area contributed by atoms with E-state index in [1.165, 1.54) is 0 Å². The molecule has 1 saturated heterocycles. The van der Waals surface area contributed by atoms with Crippen LogP contribution in [0.15, 0.2) is 18.2 Å². The van der Waals surface area contributed by atoms with E-state index >= 15 is 0 Å². The lowest BCUT2D eigenvalue weighted by Gasteiger charge is -2.22. The summed E-state index contributed by atoms with van der Waals surface area (Å²) in [6, 6.07) is 1.95. The smallest absolute Gasteiger partial charge is 0.323 e. The first kappa shape index (κ1) is 14.8. The van der Waals surface area contributed by atoms with E-state index in [9.17, 15) is 22.4 Å². The lowest BCUT2D eigenvalue weighted by Crippen LogP contribution is -2.35. The van der Waals surface area contributed by atoms with Gasteiger partial charge in [0, 0.05) is 6.54 Å². The summed E-state index contributed by atoms with van der Waals surface area (Å²) in [5, 5.41) is 5.25. The van der Waals surface area contributed by atoms with E-state index in [1.807, 2.05) is 0 Å². The monoisotopic (exact) mass is 290 g/mol. The molecule has 0 spiro atoms. The van der Waals surface area contributed by atoms with Crippen LogP contribution in [0, 0.1) is 11.2 Å². The molecule has 2 N–H and O–H groups in total. The molecule has 110 valence electrons. The second-order valence-electron chi connectivity index (χ2n) is 5.13. The van der Waals surface area contributed by atoms with Crippen molar-refractivity contribution in [2.24, 2.45) is 5.41 Å². The minimum Gasteiger partial charge on any atom is -0.323 e. The van der Waals surface area contributed by atoms with Gasteiger partial charge in [-0.1, -0.05) is 0 Å². The van der Waals surface area contributed by atoms with Crippen LogP contribution in [-0.2, 0) is 11.0 Å². The molecule has 0 saturated carbocycles. The highest BCUT2D eigenvalue weighted by molar-refractivity contribution is 5.95. The third-order valence-electron chi connectivity index (χ3n) is 3.46. The molecular formula is C13H14F4N2O. The van der Waals surface area contributed by atoms with Crippen LogP contribution in [0.3, 0.4) is 0 Å². The minimum absolute atomic E-state index is 0.416. The molecule has 1 heterocycles. The summed E-state index contributed by atoms with van der Waals surface area (Å²) in [5.74, 6) is -1.37. The van der Waals surface area contributed by atoms with E-state index in [0.29, 0.717) is 37.7 Å². The summed E-state index contributed by atoms with van der Waals surface area (Å²) >= 11 is 0. The van der Waals surface area contributed by atoms with Crippen LogP contribution in [0.2, 0.25) is 0 Å². The second kappa shape index (κ2) is 5.05. The van der Waals surface area contributed by atoms with Crippen molar-refractivity contribution in [1.82, 2.24) is 5.32 Å². The summed E-state index contributed by atoms with van der Waals surface area (Å²) in [7, 11) is 0. The largest absolute Gasteiger partial charge is 0.416 e. The molecule has 2 rings (SSSR count). The molecule has 1 fully saturated rings. The van der Waals surface area contributed by atoms with Gasteiger partial charge < -0.3 is 10.6 Å². The number of halogens is 4. The number of nitrogens with one attached hydrogen (secondary N) is 2. The van der Waals surface area contributed by atoms with Crippen molar-refractivity contribution >= 4 is 11.6 Å². The number of carbonyl (C=O) groups is 1. The van der Waals surface area contributed by atoms with Crippen LogP contribution < -0.4 is 10.6 Å². The van der Waals surface area contributed by atoms with Crippen molar-refractivity contribution in [2.45, 2.75) is 19.5 Å². The molecule has 1 aromatic rings. The summed E-state index contributed by atoms with van der Waals surface area (Å²) in [6.45, 7) is 2.75. The lowest BCUT2D eigenvalue weighted by molar-refractivity contribution is -0.137. The quantitative estimate of drug-likeness (QED) is 0.822. The predicted octanol–water partition coefficient (Wildman–Crippen LogP) is 2.78. The maximum atomic E-state index is 13.5. The SMILES string of the molecule is CC1(C(=O)Nc2cc(C(F)(F)F)ccc2F)CCNC1. The number of hydrogen-bond donors (Lipinski definition) is 2. The van der Waals surface area contributed by atoms with Gasteiger partial charge in [0.05, 0.1) is 16.7 Å². The summed E-state index contributed by atoms with van der Waals surface area (Å²) in [6.07, 6.45) is -4.02. The summed E-state index contributed by atoms with van der Waals surface area (Å²) < 4.78 is 51.2. The van der Waals surface area contributed by atoms with Crippen LogP contribution in [0.5, 0.6) is 0 Å². The topological polar surface area (TPSA) is 41.1 Å². The van der Waals surface area contributed by atoms with Crippen molar-refractivity contribution in [1.29, 1.82) is 0 Å². The maximum Gasteiger partial charge on any atom is 0.416 e. The van der Waals surface area contributed by atoms with Gasteiger partial charge in [0.25, 0.3) is 0 Å². The van der Waals surface area contributed by atoms with Crippen LogP contribution in [0.25, 0.3) is 0 Å². The zero-order chi connectivity index (χ0) is 15.0. The van der Waals surface area contributed by atoms with Crippen molar-refractivity contribution in [2.75, 3.05) is 18.4 Å². The molecule has 20 heavy (non-hydrogen) atoms. The number of hydrogen-bond acceptors (Lipinski definition) is 2. The summed E-state index contributed by atoms with van der Waals surface area (Å²) in [5.41, 5.74) is -2.18. The third kappa shape index (κ3) is 2.92. The maximum absolute atomic E-state index is 13.5. The number of amides is 1. The molecule has 1 unspecified atom stereocenters. The molecule has 1 atom stereocenters. The minimum atomic E-state index is -4.58.